The quantitative estimate of drug-likeness (QED) is 0.465. The maximum atomic E-state index is 13.0. The highest BCUT2D eigenvalue weighted by molar-refractivity contribution is 7.59. The molecule has 1 heterocycles. The number of ketones is 1. The van der Waals surface area contributed by atoms with Gasteiger partial charge in [0.2, 0.25) is 0 Å². The summed E-state index contributed by atoms with van der Waals surface area (Å²) in [6.07, 6.45) is 3.82. The molecule has 8 heteroatoms. The van der Waals surface area contributed by atoms with Crippen molar-refractivity contribution in [3.05, 3.63) is 71.5 Å². The molecule has 0 bridgehead atoms. The van der Waals surface area contributed by atoms with Gasteiger partial charge < -0.3 is 20.7 Å². The van der Waals surface area contributed by atoms with Crippen LogP contribution in [0.1, 0.15) is 22.6 Å². The molecule has 1 atom stereocenters. The molecule has 30 heavy (non-hydrogen) atoms. The van der Waals surface area contributed by atoms with Crippen LogP contribution in [0.4, 0.5) is 0 Å². The first kappa shape index (κ1) is 24.0. The molecule has 6 nitrogen and oxygen atoms in total. The van der Waals surface area contributed by atoms with E-state index in [-0.39, 0.29) is 32.2 Å². The Kier molecular flexibility index (Phi) is 8.58. The number of benzene rings is 2. The molecule has 3 aromatic rings. The molecule has 158 valence electrons. The van der Waals surface area contributed by atoms with Crippen LogP contribution in [0.5, 0.6) is 0 Å². The van der Waals surface area contributed by atoms with Crippen molar-refractivity contribution in [2.24, 2.45) is 5.73 Å². The van der Waals surface area contributed by atoms with Crippen LogP contribution in [-0.2, 0) is 17.8 Å². The van der Waals surface area contributed by atoms with Crippen LogP contribution in [-0.4, -0.2) is 53.5 Å². The van der Waals surface area contributed by atoms with Gasteiger partial charge in [-0.15, -0.1) is 0 Å². The standard InChI is InChI=1S/C22H26BN3O3.H2S/c1-26(2)14-19-11-17(5-6-21(19)23(28)29)20(12-24)22(27)10-15-3-4-18-13-25-8-7-16(18)9-15;/h3-9,11,13,20,28-29H,10,12,14,24H2,1-2H3;1H2/t20-;/m1./s1. The Balaban J connectivity index is 0.00000320. The lowest BCUT2D eigenvalue weighted by molar-refractivity contribution is -0.119. The third-order valence-electron chi connectivity index (χ3n) is 5.04. The Hall–Kier alpha value is -2.23. The summed E-state index contributed by atoms with van der Waals surface area (Å²) in [5, 5.41) is 21.3. The van der Waals surface area contributed by atoms with Gasteiger partial charge in [0, 0.05) is 37.3 Å². The molecule has 0 aliphatic carbocycles. The number of carbonyl (C=O) groups is 1. The van der Waals surface area contributed by atoms with Crippen molar-refractivity contribution in [1.82, 2.24) is 9.88 Å². The van der Waals surface area contributed by atoms with Crippen molar-refractivity contribution in [2.75, 3.05) is 20.6 Å². The van der Waals surface area contributed by atoms with Crippen LogP contribution in [0, 0.1) is 0 Å². The average molecular weight is 425 g/mol. The highest BCUT2D eigenvalue weighted by Gasteiger charge is 2.23. The third kappa shape index (κ3) is 5.68. The van der Waals surface area contributed by atoms with Crippen LogP contribution in [0.3, 0.4) is 0 Å². The minimum atomic E-state index is -1.56. The molecule has 0 aliphatic heterocycles. The van der Waals surface area contributed by atoms with E-state index in [0.717, 1.165) is 27.5 Å². The largest absolute Gasteiger partial charge is 0.488 e. The van der Waals surface area contributed by atoms with Crippen molar-refractivity contribution < 1.29 is 14.8 Å². The predicted octanol–water partition coefficient (Wildman–Crippen LogP) is 0.943. The Bertz CT molecular complexity index is 1010. The van der Waals surface area contributed by atoms with E-state index in [4.69, 9.17) is 5.73 Å². The highest BCUT2D eigenvalue weighted by atomic mass is 32.1. The van der Waals surface area contributed by atoms with Gasteiger partial charge >= 0.3 is 7.12 Å². The number of pyridine rings is 1. The number of Topliss-reactive ketones (excluding diaryl/α,β-unsaturated/α-hetero) is 1. The van der Waals surface area contributed by atoms with Gasteiger partial charge in [0.25, 0.3) is 0 Å². The zero-order chi connectivity index (χ0) is 21.0. The number of rotatable bonds is 8. The fourth-order valence-corrected chi connectivity index (χ4v) is 3.59. The summed E-state index contributed by atoms with van der Waals surface area (Å²) in [5.41, 5.74) is 8.90. The van der Waals surface area contributed by atoms with Crippen molar-refractivity contribution in [2.45, 2.75) is 18.9 Å². The van der Waals surface area contributed by atoms with E-state index in [9.17, 15) is 14.8 Å². The fourth-order valence-electron chi connectivity index (χ4n) is 3.59. The molecule has 0 saturated heterocycles. The number of fused-ring (bicyclic) bond motifs is 1. The van der Waals surface area contributed by atoms with E-state index in [1.807, 2.05) is 49.3 Å². The second-order valence-electron chi connectivity index (χ2n) is 7.56. The molecule has 3 rings (SSSR count). The average Bonchev–Trinajstić information content (AvgIpc) is 2.68. The second-order valence-corrected chi connectivity index (χ2v) is 7.56. The summed E-state index contributed by atoms with van der Waals surface area (Å²) >= 11 is 0. The molecular formula is C22H28BN3O3S. The first-order chi connectivity index (χ1) is 13.9. The summed E-state index contributed by atoms with van der Waals surface area (Å²) < 4.78 is 0. The van der Waals surface area contributed by atoms with Crippen LogP contribution in [0.2, 0.25) is 0 Å². The number of aromatic nitrogens is 1. The SMILES string of the molecule is CN(C)Cc1cc([C@@H](CN)C(=O)Cc2ccc3cnccc3c2)ccc1B(O)O.S. The molecule has 4 N–H and O–H groups in total. The van der Waals surface area contributed by atoms with E-state index in [1.165, 1.54) is 0 Å². The Morgan fingerprint density at radius 3 is 2.57 bits per heavy atom. The summed E-state index contributed by atoms with van der Waals surface area (Å²) in [4.78, 5) is 19.1. The number of hydrogen-bond acceptors (Lipinski definition) is 6. The monoisotopic (exact) mass is 425 g/mol. The molecule has 0 fully saturated rings. The second kappa shape index (κ2) is 10.7. The van der Waals surface area contributed by atoms with Gasteiger partial charge in [-0.1, -0.05) is 36.4 Å². The minimum absolute atomic E-state index is 0. The topological polar surface area (TPSA) is 99.7 Å². The van der Waals surface area contributed by atoms with E-state index in [0.29, 0.717) is 12.0 Å². The Labute approximate surface area is 184 Å². The van der Waals surface area contributed by atoms with E-state index >= 15 is 0 Å². The van der Waals surface area contributed by atoms with E-state index in [1.54, 1.807) is 24.5 Å². The summed E-state index contributed by atoms with van der Waals surface area (Å²) in [5.74, 6) is -0.414. The Morgan fingerprint density at radius 2 is 1.90 bits per heavy atom. The molecular weight excluding hydrogens is 397 g/mol. The first-order valence-electron chi connectivity index (χ1n) is 9.58. The lowest BCUT2D eigenvalue weighted by Gasteiger charge is -2.19. The summed E-state index contributed by atoms with van der Waals surface area (Å²) in [6.45, 7) is 0.726. The predicted molar refractivity (Wildman–Crippen MR) is 126 cm³/mol. The molecule has 0 saturated carbocycles. The van der Waals surface area contributed by atoms with Crippen molar-refractivity contribution in [1.29, 1.82) is 0 Å². The summed E-state index contributed by atoms with van der Waals surface area (Å²) in [7, 11) is 2.25. The maximum absolute atomic E-state index is 13.0. The van der Waals surface area contributed by atoms with Gasteiger partial charge in [0.1, 0.15) is 5.78 Å². The number of nitrogens with zero attached hydrogens (tertiary/aromatic N) is 2. The minimum Gasteiger partial charge on any atom is -0.423 e. The number of hydrogen-bond donors (Lipinski definition) is 3. The van der Waals surface area contributed by atoms with Crippen molar-refractivity contribution in [3.63, 3.8) is 0 Å². The van der Waals surface area contributed by atoms with Crippen molar-refractivity contribution in [3.8, 4) is 0 Å². The Morgan fingerprint density at radius 1 is 1.13 bits per heavy atom. The maximum Gasteiger partial charge on any atom is 0.488 e. The summed E-state index contributed by atoms with van der Waals surface area (Å²) in [6, 6.07) is 13.1. The fraction of sp³-hybridized carbons (Fsp3) is 0.273. The highest BCUT2D eigenvalue weighted by Crippen LogP contribution is 2.21. The van der Waals surface area contributed by atoms with Crippen LogP contribution in [0.15, 0.2) is 54.9 Å². The zero-order valence-corrected chi connectivity index (χ0v) is 18.2. The van der Waals surface area contributed by atoms with Crippen LogP contribution < -0.4 is 11.2 Å². The lowest BCUT2D eigenvalue weighted by Crippen LogP contribution is -2.35. The lowest BCUT2D eigenvalue weighted by atomic mass is 9.75. The van der Waals surface area contributed by atoms with E-state index < -0.39 is 13.0 Å². The first-order valence-corrected chi connectivity index (χ1v) is 9.58. The molecule has 2 aromatic carbocycles. The van der Waals surface area contributed by atoms with Gasteiger partial charge in [0.05, 0.1) is 5.92 Å². The molecule has 0 unspecified atom stereocenters. The van der Waals surface area contributed by atoms with Gasteiger partial charge in [0.15, 0.2) is 0 Å². The smallest absolute Gasteiger partial charge is 0.423 e. The van der Waals surface area contributed by atoms with Crippen molar-refractivity contribution >= 4 is 42.6 Å². The van der Waals surface area contributed by atoms with Gasteiger partial charge in [-0.05, 0) is 47.7 Å². The molecule has 1 aromatic heterocycles. The number of carbonyl (C=O) groups excluding carboxylic acids is 1. The molecule has 0 radical (unpaired) electrons. The van der Waals surface area contributed by atoms with Crippen LogP contribution >= 0.6 is 13.5 Å². The van der Waals surface area contributed by atoms with Gasteiger partial charge in [-0.2, -0.15) is 13.5 Å². The third-order valence-corrected chi connectivity index (χ3v) is 5.04. The van der Waals surface area contributed by atoms with Gasteiger partial charge in [-0.3, -0.25) is 9.78 Å². The molecule has 0 amide bonds. The van der Waals surface area contributed by atoms with E-state index in [2.05, 4.69) is 4.98 Å². The zero-order valence-electron chi connectivity index (χ0n) is 17.2. The molecule has 0 spiro atoms. The van der Waals surface area contributed by atoms with Crippen LogP contribution in [0.25, 0.3) is 10.8 Å². The van der Waals surface area contributed by atoms with Gasteiger partial charge in [-0.25, -0.2) is 0 Å². The number of nitrogens with two attached hydrogens (primary N) is 1. The normalized spacial score (nSPS) is 11.9. The molecule has 0 aliphatic rings.